The maximum Gasteiger partial charge on any atom is 0.323 e. The van der Waals surface area contributed by atoms with Crippen molar-refractivity contribution in [1.29, 1.82) is 0 Å². The van der Waals surface area contributed by atoms with Crippen molar-refractivity contribution in [1.82, 2.24) is 15.3 Å². The van der Waals surface area contributed by atoms with Gasteiger partial charge in [0.25, 0.3) is 0 Å². The van der Waals surface area contributed by atoms with E-state index in [1.54, 1.807) is 18.3 Å². The first kappa shape index (κ1) is 22.3. The van der Waals surface area contributed by atoms with Crippen LogP contribution in [0.25, 0.3) is 0 Å². The predicted molar refractivity (Wildman–Crippen MR) is 132 cm³/mol. The van der Waals surface area contributed by atoms with Gasteiger partial charge in [-0.15, -0.1) is 0 Å². The van der Waals surface area contributed by atoms with Gasteiger partial charge in [0.15, 0.2) is 0 Å². The molecule has 1 aromatic heterocycles. The Morgan fingerprint density at radius 1 is 1.03 bits per heavy atom. The van der Waals surface area contributed by atoms with E-state index in [4.69, 9.17) is 0 Å². The van der Waals surface area contributed by atoms with E-state index in [0.717, 1.165) is 17.2 Å². The maximum absolute atomic E-state index is 12.2. The van der Waals surface area contributed by atoms with Crippen LogP contribution in [0, 0.1) is 0 Å². The number of amides is 2. The predicted octanol–water partition coefficient (Wildman–Crippen LogP) is 5.76. The van der Waals surface area contributed by atoms with Crippen LogP contribution >= 0.6 is 0 Å². The third kappa shape index (κ3) is 6.30. The van der Waals surface area contributed by atoms with E-state index < -0.39 is 0 Å². The monoisotopic (exact) mass is 426 g/mol. The van der Waals surface area contributed by atoms with Crippen LogP contribution in [-0.4, -0.2) is 23.0 Å². The number of anilines is 5. The summed E-state index contributed by atoms with van der Waals surface area (Å²) >= 11 is 0. The number of hydrogen-bond acceptors (Lipinski definition) is 5. The number of hydrogen-bond donors (Lipinski definition) is 3. The Bertz CT molecular complexity index is 1110. The lowest BCUT2D eigenvalue weighted by Crippen LogP contribution is -2.27. The minimum absolute atomic E-state index is 0.339. The molecule has 0 aliphatic rings. The van der Waals surface area contributed by atoms with Gasteiger partial charge in [-0.05, 0) is 61.5 Å². The number of rotatable bonds is 8. The molecule has 0 saturated carbocycles. The number of aromatic nitrogens is 2. The lowest BCUT2D eigenvalue weighted by Gasteiger charge is -2.19. The van der Waals surface area contributed by atoms with Gasteiger partial charge in [0, 0.05) is 36.0 Å². The highest BCUT2D eigenvalue weighted by Crippen LogP contribution is 2.24. The molecule has 3 N–H and O–H groups in total. The standard InChI is InChI=1S/C25H26N6O/c1-4-6-10-19(5-2)28-25(32)29-21-13-15-22(16-14-21)31(3)23-17-18-26-24(30-23)27-20-11-8-7-9-12-20/h4-18H,2H2,1,3H3,(H,26,27,30)(H2,28,29,32)/b6-4-,19-10+. The second-order valence-corrected chi connectivity index (χ2v) is 6.77. The third-order valence-corrected chi connectivity index (χ3v) is 4.47. The molecule has 2 amide bonds. The summed E-state index contributed by atoms with van der Waals surface area (Å²) in [7, 11) is 1.92. The topological polar surface area (TPSA) is 82.2 Å². The summed E-state index contributed by atoms with van der Waals surface area (Å²) in [6.07, 6.45) is 8.77. The lowest BCUT2D eigenvalue weighted by molar-refractivity contribution is 0.254. The molecule has 162 valence electrons. The minimum Gasteiger partial charge on any atom is -0.329 e. The molecule has 7 heteroatoms. The highest BCUT2D eigenvalue weighted by atomic mass is 16.2. The quantitative estimate of drug-likeness (QED) is 0.399. The maximum atomic E-state index is 12.2. The zero-order valence-electron chi connectivity index (χ0n) is 18.1. The summed E-state index contributed by atoms with van der Waals surface area (Å²) in [4.78, 5) is 23.0. The van der Waals surface area contributed by atoms with Gasteiger partial charge >= 0.3 is 6.03 Å². The van der Waals surface area contributed by atoms with E-state index in [-0.39, 0.29) is 6.03 Å². The first-order valence-corrected chi connectivity index (χ1v) is 10.1. The third-order valence-electron chi connectivity index (χ3n) is 4.47. The van der Waals surface area contributed by atoms with Gasteiger partial charge in [-0.1, -0.05) is 36.9 Å². The van der Waals surface area contributed by atoms with Crippen molar-refractivity contribution in [3.8, 4) is 0 Å². The molecule has 0 bridgehead atoms. The van der Waals surface area contributed by atoms with Crippen LogP contribution in [0.5, 0.6) is 0 Å². The number of carbonyl (C=O) groups is 1. The van der Waals surface area contributed by atoms with Crippen molar-refractivity contribution in [3.05, 3.63) is 103 Å². The number of urea groups is 1. The Kier molecular flexibility index (Phi) is 7.75. The molecule has 0 aliphatic heterocycles. The number of allylic oxidation sites excluding steroid dienone is 4. The molecule has 1 heterocycles. The van der Waals surface area contributed by atoms with Gasteiger partial charge in [0.05, 0.1) is 0 Å². The van der Waals surface area contributed by atoms with E-state index in [9.17, 15) is 4.79 Å². The molecule has 3 aromatic rings. The molecule has 0 spiro atoms. The average molecular weight is 427 g/mol. The average Bonchev–Trinajstić information content (AvgIpc) is 2.82. The first-order chi connectivity index (χ1) is 15.6. The Labute approximate surface area is 188 Å². The summed E-state index contributed by atoms with van der Waals surface area (Å²) in [5, 5.41) is 8.75. The van der Waals surface area contributed by atoms with Crippen molar-refractivity contribution in [2.45, 2.75) is 6.92 Å². The van der Waals surface area contributed by atoms with Crippen LogP contribution in [-0.2, 0) is 0 Å². The van der Waals surface area contributed by atoms with E-state index in [2.05, 4.69) is 32.5 Å². The highest BCUT2D eigenvalue weighted by molar-refractivity contribution is 5.91. The highest BCUT2D eigenvalue weighted by Gasteiger charge is 2.09. The number of nitrogens with one attached hydrogen (secondary N) is 3. The summed E-state index contributed by atoms with van der Waals surface area (Å²) in [5.74, 6) is 1.25. The minimum atomic E-state index is -0.339. The molecule has 0 unspecified atom stereocenters. The molecule has 3 rings (SSSR count). The van der Waals surface area contributed by atoms with Crippen molar-refractivity contribution in [2.24, 2.45) is 0 Å². The smallest absolute Gasteiger partial charge is 0.323 e. The molecular weight excluding hydrogens is 400 g/mol. The van der Waals surface area contributed by atoms with Gasteiger partial charge in [-0.25, -0.2) is 9.78 Å². The number of nitrogens with zero attached hydrogens (tertiary/aromatic N) is 3. The molecule has 32 heavy (non-hydrogen) atoms. The van der Waals surface area contributed by atoms with Crippen LogP contribution in [0.4, 0.5) is 33.6 Å². The van der Waals surface area contributed by atoms with Crippen molar-refractivity contribution >= 4 is 34.9 Å². The van der Waals surface area contributed by atoms with Crippen LogP contribution in [0.2, 0.25) is 0 Å². The Balaban J connectivity index is 1.65. The Morgan fingerprint density at radius 2 is 1.78 bits per heavy atom. The zero-order chi connectivity index (χ0) is 22.8. The van der Waals surface area contributed by atoms with Crippen LogP contribution in [0.15, 0.2) is 103 Å². The second kappa shape index (κ2) is 11.1. The Morgan fingerprint density at radius 3 is 2.47 bits per heavy atom. The fourth-order valence-corrected chi connectivity index (χ4v) is 2.80. The van der Waals surface area contributed by atoms with E-state index >= 15 is 0 Å². The number of benzene rings is 2. The van der Waals surface area contributed by atoms with Gasteiger partial charge in [-0.2, -0.15) is 4.98 Å². The molecule has 2 aromatic carbocycles. The fraction of sp³-hybridized carbons (Fsp3) is 0.0800. The van der Waals surface area contributed by atoms with Gasteiger partial charge < -0.3 is 20.9 Å². The number of para-hydroxylation sites is 1. The molecule has 0 fully saturated rings. The largest absolute Gasteiger partial charge is 0.329 e. The molecule has 7 nitrogen and oxygen atoms in total. The van der Waals surface area contributed by atoms with Gasteiger partial charge in [0.1, 0.15) is 5.82 Å². The summed E-state index contributed by atoms with van der Waals surface area (Å²) in [6.45, 7) is 5.60. The van der Waals surface area contributed by atoms with Crippen LogP contribution in [0.3, 0.4) is 0 Å². The Hall–Kier alpha value is -4.39. The van der Waals surface area contributed by atoms with Crippen molar-refractivity contribution in [2.75, 3.05) is 22.6 Å². The summed E-state index contributed by atoms with van der Waals surface area (Å²) < 4.78 is 0. The second-order valence-electron chi connectivity index (χ2n) is 6.77. The van der Waals surface area contributed by atoms with Crippen molar-refractivity contribution in [3.63, 3.8) is 0 Å². The van der Waals surface area contributed by atoms with Gasteiger partial charge in [-0.3, -0.25) is 0 Å². The van der Waals surface area contributed by atoms with Crippen LogP contribution in [0.1, 0.15) is 6.92 Å². The molecule has 0 atom stereocenters. The number of carbonyl (C=O) groups excluding carboxylic acids is 1. The van der Waals surface area contributed by atoms with Crippen LogP contribution < -0.4 is 20.9 Å². The zero-order valence-corrected chi connectivity index (χ0v) is 18.1. The first-order valence-electron chi connectivity index (χ1n) is 10.1. The van der Waals surface area contributed by atoms with E-state index in [1.807, 2.05) is 91.7 Å². The summed E-state index contributed by atoms with van der Waals surface area (Å²) in [6, 6.07) is 18.7. The molecular formula is C25H26N6O. The normalized spacial score (nSPS) is 11.1. The lowest BCUT2D eigenvalue weighted by atomic mass is 10.2. The van der Waals surface area contributed by atoms with Gasteiger partial charge in [0.2, 0.25) is 5.95 Å². The molecule has 0 aliphatic carbocycles. The van der Waals surface area contributed by atoms with E-state index in [1.165, 1.54) is 0 Å². The summed E-state index contributed by atoms with van der Waals surface area (Å²) in [5.41, 5.74) is 3.12. The molecule has 0 radical (unpaired) electrons. The van der Waals surface area contributed by atoms with Crippen molar-refractivity contribution < 1.29 is 4.79 Å². The van der Waals surface area contributed by atoms with E-state index in [0.29, 0.717) is 17.3 Å². The molecule has 0 saturated heterocycles. The SMILES string of the molecule is C=C/C(=C\C=C/C)NC(=O)Nc1ccc(N(C)c2ccnc(Nc3ccccc3)n2)cc1. The fourth-order valence-electron chi connectivity index (χ4n) is 2.80.